The van der Waals surface area contributed by atoms with Gasteiger partial charge in [0.2, 0.25) is 0 Å². The fourth-order valence-electron chi connectivity index (χ4n) is 13.5. The molecule has 1 aromatic heterocycles. The van der Waals surface area contributed by atoms with Crippen LogP contribution in [0.2, 0.25) is 0 Å². The number of fused-ring (bicyclic) bond motifs is 11. The number of nitrogens with two attached hydrogens (primary N) is 1. The molecule has 5 aromatic carbocycles. The molecule has 11 rings (SSSR count). The number of nitrogens with zero attached hydrogens (tertiary/aromatic N) is 2. The molecule has 2 N–H and O–H groups in total. The Labute approximate surface area is 418 Å². The SMILES string of the molecule is CC1=C(/C=C\CN)c2c(cc3c4c2N(c2ccc(C(C)(C)C)cc2)c2ccc(C(C)(C)C)c(C)c2B4c2sc4c(c2N3c2ccc(C(C)(C)C)cc2)C[C@]2(C)C(=C4)C(C)(C)c3ccccc32)C1(C)C. The largest absolute Gasteiger partial charge is 0.327 e. The van der Waals surface area contributed by atoms with E-state index in [1.165, 1.54) is 116 Å². The molecule has 0 amide bonds. The lowest BCUT2D eigenvalue weighted by atomic mass is 9.35. The van der Waals surface area contributed by atoms with Gasteiger partial charge in [-0.1, -0.05) is 169 Å². The molecule has 5 heteroatoms. The van der Waals surface area contributed by atoms with Crippen molar-refractivity contribution in [2.45, 2.75) is 150 Å². The summed E-state index contributed by atoms with van der Waals surface area (Å²) in [6.45, 7) is 38.7. The maximum atomic E-state index is 6.33. The van der Waals surface area contributed by atoms with Crippen LogP contribution in [0.4, 0.5) is 34.1 Å². The Kier molecular flexibility index (Phi) is 9.91. The van der Waals surface area contributed by atoms with E-state index < -0.39 is 0 Å². The number of benzene rings is 5. The van der Waals surface area contributed by atoms with Gasteiger partial charge in [-0.3, -0.25) is 0 Å². The summed E-state index contributed by atoms with van der Waals surface area (Å²) >= 11 is 2.07. The Balaban J connectivity index is 1.31. The average Bonchev–Trinajstić information content (AvgIpc) is 3.80. The van der Waals surface area contributed by atoms with Gasteiger partial charge < -0.3 is 15.5 Å². The second-order valence-corrected chi connectivity index (χ2v) is 26.5. The zero-order chi connectivity index (χ0) is 49.3. The van der Waals surface area contributed by atoms with Crippen molar-refractivity contribution in [3.05, 3.63) is 169 Å². The van der Waals surface area contributed by atoms with Crippen molar-refractivity contribution in [2.75, 3.05) is 16.3 Å². The van der Waals surface area contributed by atoms with E-state index in [1.807, 2.05) is 0 Å². The summed E-state index contributed by atoms with van der Waals surface area (Å²) in [6.07, 6.45) is 8.09. The Bertz CT molecular complexity index is 3260. The average molecular weight is 926 g/mol. The zero-order valence-electron chi connectivity index (χ0n) is 44.3. The predicted molar refractivity (Wildman–Crippen MR) is 301 cm³/mol. The Hall–Kier alpha value is -5.36. The van der Waals surface area contributed by atoms with Crippen LogP contribution in [-0.4, -0.2) is 13.3 Å². The van der Waals surface area contributed by atoms with Gasteiger partial charge in [0.1, 0.15) is 0 Å². The lowest BCUT2D eigenvalue weighted by Gasteiger charge is -2.46. The first kappa shape index (κ1) is 46.1. The highest BCUT2D eigenvalue weighted by Gasteiger charge is 2.55. The van der Waals surface area contributed by atoms with Crippen LogP contribution in [-0.2, 0) is 38.9 Å². The highest BCUT2D eigenvalue weighted by molar-refractivity contribution is 7.30. The molecule has 2 aliphatic heterocycles. The first-order chi connectivity index (χ1) is 32.3. The Morgan fingerprint density at radius 1 is 0.652 bits per heavy atom. The van der Waals surface area contributed by atoms with Crippen molar-refractivity contribution < 1.29 is 0 Å². The maximum Gasteiger partial charge on any atom is 0.265 e. The third-order valence-electron chi connectivity index (χ3n) is 17.4. The molecule has 0 radical (unpaired) electrons. The fourth-order valence-corrected chi connectivity index (χ4v) is 14.8. The summed E-state index contributed by atoms with van der Waals surface area (Å²) in [5.74, 6) is 0. The van der Waals surface area contributed by atoms with Gasteiger partial charge in [-0.25, -0.2) is 0 Å². The minimum absolute atomic E-state index is 0.00787. The second kappa shape index (κ2) is 14.8. The molecule has 352 valence electrons. The van der Waals surface area contributed by atoms with Gasteiger partial charge in [0, 0.05) is 60.8 Å². The van der Waals surface area contributed by atoms with Crippen LogP contribution in [0.3, 0.4) is 0 Å². The molecule has 1 atom stereocenters. The Morgan fingerprint density at radius 3 is 1.80 bits per heavy atom. The standard InChI is InChI=1S/C64H72BN3S/c1-37-45(61(9,10)11)31-32-49-54(37)65-55-50(34-48-53(43(20-19-33-66)38(2)62(48,12)13)57(55)67(49)41-27-23-39(24-28-41)59(3,4)5)68(42-29-25-40(26-30-42)60(6,7)8)56-44-36-64(16)47-22-18-17-21-46(47)63(14,15)52(64)35-51(44)69-58(56)65/h17-32,34-35H,33,36,66H2,1-16H3/b20-19-/t64-/m0/s1. The van der Waals surface area contributed by atoms with Crippen LogP contribution >= 0.6 is 11.3 Å². The molecule has 0 unspecified atom stereocenters. The summed E-state index contributed by atoms with van der Waals surface area (Å²) < 4.78 is 1.45. The van der Waals surface area contributed by atoms with Crippen molar-refractivity contribution in [3.8, 4) is 0 Å². The van der Waals surface area contributed by atoms with Crippen LogP contribution in [0.1, 0.15) is 159 Å². The zero-order valence-corrected chi connectivity index (χ0v) is 45.1. The Morgan fingerprint density at radius 2 is 1.23 bits per heavy atom. The van der Waals surface area contributed by atoms with Crippen molar-refractivity contribution in [1.82, 2.24) is 0 Å². The highest BCUT2D eigenvalue weighted by Crippen LogP contribution is 2.62. The van der Waals surface area contributed by atoms with E-state index in [4.69, 9.17) is 5.73 Å². The normalized spacial score (nSPS) is 19.6. The summed E-state index contributed by atoms with van der Waals surface area (Å²) in [6, 6.07) is 36.0. The number of hydrogen-bond acceptors (Lipinski definition) is 4. The lowest BCUT2D eigenvalue weighted by Crippen LogP contribution is -2.62. The number of allylic oxidation sites excluding steroid dienone is 4. The molecule has 0 fully saturated rings. The van der Waals surface area contributed by atoms with Gasteiger partial charge in [-0.2, -0.15) is 0 Å². The van der Waals surface area contributed by atoms with Crippen molar-refractivity contribution in [2.24, 2.45) is 5.73 Å². The number of anilines is 6. The summed E-state index contributed by atoms with van der Waals surface area (Å²) in [4.78, 5) is 6.82. The van der Waals surface area contributed by atoms with Crippen LogP contribution in [0.25, 0.3) is 11.6 Å². The van der Waals surface area contributed by atoms with E-state index in [9.17, 15) is 0 Å². The van der Waals surface area contributed by atoms with Crippen molar-refractivity contribution in [1.29, 1.82) is 0 Å². The molecule has 0 saturated heterocycles. The van der Waals surface area contributed by atoms with Gasteiger partial charge >= 0.3 is 0 Å². The van der Waals surface area contributed by atoms with E-state index in [0.29, 0.717) is 6.54 Å². The van der Waals surface area contributed by atoms with Gasteiger partial charge in [0.25, 0.3) is 6.71 Å². The molecule has 0 saturated carbocycles. The monoisotopic (exact) mass is 926 g/mol. The van der Waals surface area contributed by atoms with Gasteiger partial charge in [-0.05, 0) is 146 Å². The van der Waals surface area contributed by atoms with E-state index in [-0.39, 0.29) is 39.2 Å². The molecule has 6 aromatic rings. The summed E-state index contributed by atoms with van der Waals surface area (Å²) in [5, 5.41) is 0. The minimum atomic E-state index is -0.237. The third-order valence-corrected chi connectivity index (χ3v) is 18.6. The van der Waals surface area contributed by atoms with Crippen LogP contribution in [0.5, 0.6) is 0 Å². The molecule has 3 heterocycles. The second-order valence-electron chi connectivity index (χ2n) is 25.4. The quantitative estimate of drug-likeness (QED) is 0.179. The predicted octanol–water partition coefficient (Wildman–Crippen LogP) is 14.8. The molecule has 0 bridgehead atoms. The molecular weight excluding hydrogens is 854 g/mol. The van der Waals surface area contributed by atoms with Crippen molar-refractivity contribution >= 4 is 79.5 Å². The maximum absolute atomic E-state index is 6.33. The van der Waals surface area contributed by atoms with E-state index >= 15 is 0 Å². The smallest absolute Gasteiger partial charge is 0.265 e. The molecular formula is C64H72BN3S. The van der Waals surface area contributed by atoms with Gasteiger partial charge in [-0.15, -0.1) is 11.3 Å². The first-order valence-corrected chi connectivity index (χ1v) is 26.4. The van der Waals surface area contributed by atoms with E-state index in [0.717, 1.165) is 6.42 Å². The fraction of sp³-hybridized carbons (Fsp3) is 0.375. The highest BCUT2D eigenvalue weighted by atomic mass is 32.1. The topological polar surface area (TPSA) is 32.5 Å². The van der Waals surface area contributed by atoms with Crippen molar-refractivity contribution in [3.63, 3.8) is 0 Å². The first-order valence-electron chi connectivity index (χ1n) is 25.5. The molecule has 3 nitrogen and oxygen atoms in total. The van der Waals surface area contributed by atoms with Gasteiger partial charge in [0.05, 0.1) is 11.4 Å². The van der Waals surface area contributed by atoms with E-state index in [2.05, 4.69) is 241 Å². The number of thiophene rings is 1. The number of hydrogen-bond donors (Lipinski definition) is 1. The summed E-state index contributed by atoms with van der Waals surface area (Å²) in [7, 11) is 0. The molecule has 69 heavy (non-hydrogen) atoms. The molecule has 3 aliphatic carbocycles. The van der Waals surface area contributed by atoms with Crippen LogP contribution < -0.4 is 31.2 Å². The minimum Gasteiger partial charge on any atom is -0.327 e. The van der Waals surface area contributed by atoms with Crippen LogP contribution in [0.15, 0.2) is 114 Å². The third kappa shape index (κ3) is 6.41. The van der Waals surface area contributed by atoms with E-state index in [1.54, 1.807) is 5.57 Å². The molecule has 0 spiro atoms. The molecule has 5 aliphatic rings. The summed E-state index contributed by atoms with van der Waals surface area (Å²) in [5.41, 5.74) is 33.2. The van der Waals surface area contributed by atoms with Crippen LogP contribution in [0, 0.1) is 6.92 Å². The van der Waals surface area contributed by atoms with Gasteiger partial charge in [0.15, 0.2) is 0 Å². The lowest BCUT2D eigenvalue weighted by molar-refractivity contribution is 0.509. The number of rotatable bonds is 4.